The summed E-state index contributed by atoms with van der Waals surface area (Å²) in [6.07, 6.45) is 0. The summed E-state index contributed by atoms with van der Waals surface area (Å²) in [7, 11) is -1.80. The molecule has 2 aromatic rings. The van der Waals surface area contributed by atoms with Gasteiger partial charge >= 0.3 is 0 Å². The Balaban J connectivity index is 2.62. The number of rotatable bonds is 4. The van der Waals surface area contributed by atoms with Crippen LogP contribution in [-0.2, 0) is 0 Å². The van der Waals surface area contributed by atoms with Crippen LogP contribution in [-0.4, -0.2) is 24.5 Å². The van der Waals surface area contributed by atoms with Crippen molar-refractivity contribution in [2.75, 3.05) is 5.33 Å². The summed E-state index contributed by atoms with van der Waals surface area (Å²) < 4.78 is 0. The molecule has 2 aromatic carbocycles. The molecule has 3 heteroatoms. The Labute approximate surface area is 137 Å². The van der Waals surface area contributed by atoms with Gasteiger partial charge in [0.05, 0.1) is 5.22 Å². The van der Waals surface area contributed by atoms with Gasteiger partial charge in [0.25, 0.3) is 0 Å². The number of halogens is 1. The molecule has 1 nitrogen and oxygen atoms in total. The first-order chi connectivity index (χ1) is 9.90. The molecule has 0 aliphatic rings. The van der Waals surface area contributed by atoms with E-state index in [1.807, 2.05) is 12.1 Å². The number of hydrogen-bond donors (Lipinski definition) is 1. The second-order valence-electron chi connectivity index (χ2n) is 6.56. The number of aliphatic hydroxyl groups is 1. The number of hydrogen-bond acceptors (Lipinski definition) is 1. The maximum Gasteiger partial charge on any atom is 0.139 e. The Bertz CT molecular complexity index is 525. The molecule has 0 aliphatic carbocycles. The zero-order chi connectivity index (χ0) is 15.5. The van der Waals surface area contributed by atoms with Gasteiger partial charge in [0, 0.05) is 5.33 Å². The lowest BCUT2D eigenvalue weighted by Gasteiger charge is -2.44. The van der Waals surface area contributed by atoms with Crippen LogP contribution in [0.4, 0.5) is 0 Å². The van der Waals surface area contributed by atoms with Crippen LogP contribution in [0, 0.1) is 5.41 Å². The minimum absolute atomic E-state index is 0.195. The van der Waals surface area contributed by atoms with Crippen molar-refractivity contribution in [1.29, 1.82) is 0 Å². The zero-order valence-corrected chi connectivity index (χ0v) is 15.6. The van der Waals surface area contributed by atoms with Gasteiger partial charge in [-0.2, -0.15) is 0 Å². The molecule has 1 N–H and O–H groups in total. The van der Waals surface area contributed by atoms with Crippen molar-refractivity contribution in [3.63, 3.8) is 0 Å². The van der Waals surface area contributed by atoms with Crippen LogP contribution < -0.4 is 10.4 Å². The predicted molar refractivity (Wildman–Crippen MR) is 97.5 cm³/mol. The smallest absolute Gasteiger partial charge is 0.139 e. The van der Waals surface area contributed by atoms with E-state index in [-0.39, 0.29) is 5.41 Å². The summed E-state index contributed by atoms with van der Waals surface area (Å²) in [6.45, 7) is 6.38. The van der Waals surface area contributed by atoms with Crippen LogP contribution in [0.25, 0.3) is 0 Å². The van der Waals surface area contributed by atoms with Crippen LogP contribution in [0.3, 0.4) is 0 Å². The van der Waals surface area contributed by atoms with Gasteiger partial charge in [0.1, 0.15) is 8.80 Å². The van der Waals surface area contributed by atoms with E-state index in [2.05, 4.69) is 85.2 Å². The maximum absolute atomic E-state index is 11.5. The molecule has 0 aliphatic heterocycles. The van der Waals surface area contributed by atoms with E-state index in [0.29, 0.717) is 5.33 Å². The van der Waals surface area contributed by atoms with E-state index in [0.717, 1.165) is 0 Å². The monoisotopic (exact) mass is 362 g/mol. The van der Waals surface area contributed by atoms with Crippen LogP contribution in [0.15, 0.2) is 60.7 Å². The average molecular weight is 363 g/mol. The molecular weight excluding hydrogens is 340 g/mol. The van der Waals surface area contributed by atoms with Gasteiger partial charge in [-0.25, -0.2) is 0 Å². The van der Waals surface area contributed by atoms with Gasteiger partial charge in [-0.15, -0.1) is 0 Å². The van der Waals surface area contributed by atoms with Crippen LogP contribution in [0.1, 0.15) is 20.8 Å². The molecule has 21 heavy (non-hydrogen) atoms. The normalized spacial score (nSPS) is 15.0. The molecule has 0 saturated heterocycles. The average Bonchev–Trinajstić information content (AvgIpc) is 2.48. The molecule has 112 valence electrons. The van der Waals surface area contributed by atoms with Crippen molar-refractivity contribution >= 4 is 35.1 Å². The second-order valence-corrected chi connectivity index (χ2v) is 10.3. The highest BCUT2D eigenvalue weighted by atomic mass is 79.9. The van der Waals surface area contributed by atoms with Gasteiger partial charge < -0.3 is 5.11 Å². The highest BCUT2D eigenvalue weighted by Crippen LogP contribution is 2.34. The second kappa shape index (κ2) is 6.47. The molecule has 1 atom stereocenters. The minimum atomic E-state index is -1.80. The Morgan fingerprint density at radius 1 is 0.857 bits per heavy atom. The Morgan fingerprint density at radius 3 is 1.52 bits per heavy atom. The van der Waals surface area contributed by atoms with Gasteiger partial charge in [-0.3, -0.25) is 0 Å². The third-order valence-corrected chi connectivity index (χ3v) is 9.83. The van der Waals surface area contributed by atoms with E-state index in [1.54, 1.807) is 0 Å². The van der Waals surface area contributed by atoms with Gasteiger partial charge in [-0.1, -0.05) is 108 Å². The molecule has 0 amide bonds. The summed E-state index contributed by atoms with van der Waals surface area (Å²) in [4.78, 5) is 0. The molecule has 1 unspecified atom stereocenters. The Kier molecular flexibility index (Phi) is 5.07. The Morgan fingerprint density at radius 2 is 1.24 bits per heavy atom. The number of alkyl halides is 1. The minimum Gasteiger partial charge on any atom is -0.391 e. The topological polar surface area (TPSA) is 20.2 Å². The summed E-state index contributed by atoms with van der Waals surface area (Å²) in [6, 6.07) is 20.9. The highest BCUT2D eigenvalue weighted by molar-refractivity contribution is 9.09. The predicted octanol–water partition coefficient (Wildman–Crippen LogP) is 2.74. The molecule has 0 fully saturated rings. The van der Waals surface area contributed by atoms with Crippen LogP contribution >= 0.6 is 15.9 Å². The zero-order valence-electron chi connectivity index (χ0n) is 12.9. The van der Waals surface area contributed by atoms with Crippen molar-refractivity contribution in [3.05, 3.63) is 60.7 Å². The molecule has 0 spiro atoms. The molecular formula is C18H23BrOSi. The number of benzene rings is 2. The summed E-state index contributed by atoms with van der Waals surface area (Å²) in [5.74, 6) is 0. The summed E-state index contributed by atoms with van der Waals surface area (Å²) in [5.41, 5.74) is -0.195. The maximum atomic E-state index is 11.5. The molecule has 0 saturated carbocycles. The molecule has 0 bridgehead atoms. The molecule has 0 aromatic heterocycles. The lowest BCUT2D eigenvalue weighted by atomic mass is 9.89. The first-order valence-electron chi connectivity index (χ1n) is 7.28. The first-order valence-corrected chi connectivity index (χ1v) is 10.1. The van der Waals surface area contributed by atoms with Gasteiger partial charge in [0.2, 0.25) is 0 Å². The molecule has 0 heterocycles. The van der Waals surface area contributed by atoms with E-state index in [4.69, 9.17) is 0 Å². The molecule has 0 radical (unpaired) electrons. The van der Waals surface area contributed by atoms with Crippen molar-refractivity contribution in [3.8, 4) is 0 Å². The van der Waals surface area contributed by atoms with Crippen LogP contribution in [0.2, 0.25) is 0 Å². The van der Waals surface area contributed by atoms with Crippen molar-refractivity contribution in [2.24, 2.45) is 5.41 Å². The molecule has 2 rings (SSSR count). The third-order valence-electron chi connectivity index (χ3n) is 4.25. The van der Waals surface area contributed by atoms with Crippen molar-refractivity contribution < 1.29 is 5.11 Å². The van der Waals surface area contributed by atoms with E-state index < -0.39 is 14.0 Å². The lowest BCUT2D eigenvalue weighted by Crippen LogP contribution is -2.67. The van der Waals surface area contributed by atoms with Gasteiger partial charge in [-0.05, 0) is 5.41 Å². The van der Waals surface area contributed by atoms with E-state index >= 15 is 0 Å². The lowest BCUT2D eigenvalue weighted by molar-refractivity contribution is 0.0372. The SMILES string of the molecule is CC(C)(C)C(O)(CBr)[SiH](c1ccccc1)c1ccccc1. The Hall–Kier alpha value is -0.903. The highest BCUT2D eigenvalue weighted by Gasteiger charge is 2.48. The third kappa shape index (κ3) is 3.31. The largest absolute Gasteiger partial charge is 0.391 e. The van der Waals surface area contributed by atoms with Gasteiger partial charge in [0.15, 0.2) is 0 Å². The summed E-state index contributed by atoms with van der Waals surface area (Å²) in [5, 5.41) is 13.9. The standard InChI is InChI=1S/C18H23BrOSi/c1-17(2,3)18(20,14-19)21(15-10-6-4-7-11-15)16-12-8-5-9-13-16/h4-13,20-21H,14H2,1-3H3. The van der Waals surface area contributed by atoms with Crippen molar-refractivity contribution in [2.45, 2.75) is 26.0 Å². The van der Waals surface area contributed by atoms with Crippen LogP contribution in [0.5, 0.6) is 0 Å². The van der Waals surface area contributed by atoms with E-state index in [9.17, 15) is 5.11 Å². The van der Waals surface area contributed by atoms with E-state index in [1.165, 1.54) is 10.4 Å². The fourth-order valence-corrected chi connectivity index (χ4v) is 8.28. The van der Waals surface area contributed by atoms with Crippen molar-refractivity contribution in [1.82, 2.24) is 0 Å². The first kappa shape index (κ1) is 16.5. The quantitative estimate of drug-likeness (QED) is 0.654. The fourth-order valence-electron chi connectivity index (χ4n) is 2.75. The summed E-state index contributed by atoms with van der Waals surface area (Å²) >= 11 is 3.59. The fraction of sp³-hybridized carbons (Fsp3) is 0.333.